The van der Waals surface area contributed by atoms with Crippen molar-refractivity contribution in [2.75, 3.05) is 26.8 Å². The average Bonchev–Trinajstić information content (AvgIpc) is 2.86. The van der Waals surface area contributed by atoms with Gasteiger partial charge in [-0.1, -0.05) is 36.4 Å². The average molecular weight is 454 g/mol. The van der Waals surface area contributed by atoms with Gasteiger partial charge in [0.1, 0.15) is 30.0 Å². The van der Waals surface area contributed by atoms with E-state index in [0.717, 1.165) is 12.0 Å². The Kier molecular flexibility index (Phi) is 9.09. The highest BCUT2D eigenvalue weighted by Gasteiger charge is 2.13. The van der Waals surface area contributed by atoms with Gasteiger partial charge in [0.05, 0.1) is 19.8 Å². The predicted octanol–water partition coefficient (Wildman–Crippen LogP) is 2.87. The van der Waals surface area contributed by atoms with Crippen LogP contribution in [-0.2, 0) is 13.0 Å². The Balaban J connectivity index is 1.41. The molecule has 176 valence electrons. The molecule has 0 amide bonds. The molecule has 0 fully saturated rings. The van der Waals surface area contributed by atoms with Crippen LogP contribution in [0.15, 0.2) is 66.7 Å². The highest BCUT2D eigenvalue weighted by Crippen LogP contribution is 2.26. The number of aliphatic hydroxyl groups is 3. The van der Waals surface area contributed by atoms with E-state index in [9.17, 15) is 20.4 Å². The summed E-state index contributed by atoms with van der Waals surface area (Å²) in [6.45, 7) is 0.875. The number of aromatic hydroxyl groups is 1. The van der Waals surface area contributed by atoms with Crippen molar-refractivity contribution in [2.24, 2.45) is 0 Å². The van der Waals surface area contributed by atoms with Crippen LogP contribution >= 0.6 is 0 Å². The van der Waals surface area contributed by atoms with Gasteiger partial charge in [-0.25, -0.2) is 0 Å². The van der Waals surface area contributed by atoms with Gasteiger partial charge in [-0.3, -0.25) is 0 Å². The Morgan fingerprint density at radius 2 is 1.70 bits per heavy atom. The van der Waals surface area contributed by atoms with Crippen LogP contribution in [0.3, 0.4) is 0 Å². The van der Waals surface area contributed by atoms with Crippen LogP contribution < -0.4 is 14.8 Å². The molecule has 0 saturated carbocycles. The summed E-state index contributed by atoms with van der Waals surface area (Å²) in [4.78, 5) is 0. The third-order valence-corrected chi connectivity index (χ3v) is 5.42. The van der Waals surface area contributed by atoms with E-state index >= 15 is 0 Å². The molecule has 3 rings (SSSR count). The summed E-state index contributed by atoms with van der Waals surface area (Å²) in [5.74, 6) is 1.31. The molecule has 5 N–H and O–H groups in total. The summed E-state index contributed by atoms with van der Waals surface area (Å²) in [7, 11) is 1.57. The zero-order valence-corrected chi connectivity index (χ0v) is 18.6. The Morgan fingerprint density at radius 3 is 2.42 bits per heavy atom. The number of hydrogen-bond donors (Lipinski definition) is 5. The standard InChI is InChI=1S/C26H31NO6/c1-32-26-5-3-2-4-22(26)25(31)17-33-21-9-6-18(7-10-21)12-13-27-15-24(30)19-8-11-23(29)20(14-19)16-28/h2-11,14,24-25,27-31H,12-13,15-17H2,1H3. The van der Waals surface area contributed by atoms with Crippen LogP contribution in [0.4, 0.5) is 0 Å². The third-order valence-electron chi connectivity index (χ3n) is 5.42. The maximum atomic E-state index is 10.4. The molecule has 3 aromatic rings. The van der Waals surface area contributed by atoms with Crippen molar-refractivity contribution in [3.8, 4) is 17.2 Å². The van der Waals surface area contributed by atoms with Crippen LogP contribution in [0.25, 0.3) is 0 Å². The van der Waals surface area contributed by atoms with E-state index in [2.05, 4.69) is 5.32 Å². The second-order valence-electron chi connectivity index (χ2n) is 7.73. The number of methoxy groups -OCH3 is 1. The minimum atomic E-state index is -0.793. The highest BCUT2D eigenvalue weighted by atomic mass is 16.5. The number of ether oxygens (including phenoxy) is 2. The molecule has 7 nitrogen and oxygen atoms in total. The third kappa shape index (κ3) is 6.94. The molecule has 7 heteroatoms. The molecule has 0 aliphatic carbocycles. The molecular formula is C26H31NO6. The first-order valence-corrected chi connectivity index (χ1v) is 10.9. The summed E-state index contributed by atoms with van der Waals surface area (Å²) in [6.07, 6.45) is -0.756. The lowest BCUT2D eigenvalue weighted by atomic mass is 10.1. The van der Waals surface area contributed by atoms with Crippen molar-refractivity contribution >= 4 is 0 Å². The zero-order valence-electron chi connectivity index (χ0n) is 18.6. The fourth-order valence-corrected chi connectivity index (χ4v) is 3.49. The quantitative estimate of drug-likeness (QED) is 0.268. The van der Waals surface area contributed by atoms with E-state index < -0.39 is 12.2 Å². The molecular weight excluding hydrogens is 422 g/mol. The number of benzene rings is 3. The normalized spacial score (nSPS) is 12.8. The minimum Gasteiger partial charge on any atom is -0.508 e. The number of aliphatic hydroxyl groups excluding tert-OH is 3. The van der Waals surface area contributed by atoms with Crippen molar-refractivity contribution in [3.05, 3.63) is 89.0 Å². The fraction of sp³-hybridized carbons (Fsp3) is 0.308. The van der Waals surface area contributed by atoms with Gasteiger partial charge in [-0.15, -0.1) is 0 Å². The maximum absolute atomic E-state index is 10.4. The molecule has 3 aromatic carbocycles. The van der Waals surface area contributed by atoms with Gasteiger partial charge in [0, 0.05) is 17.7 Å². The predicted molar refractivity (Wildman–Crippen MR) is 125 cm³/mol. The zero-order chi connectivity index (χ0) is 23.6. The fourth-order valence-electron chi connectivity index (χ4n) is 3.49. The van der Waals surface area contributed by atoms with Gasteiger partial charge < -0.3 is 35.2 Å². The molecule has 2 unspecified atom stereocenters. The monoisotopic (exact) mass is 453 g/mol. The molecule has 0 aromatic heterocycles. The summed E-state index contributed by atoms with van der Waals surface area (Å²) in [5.41, 5.74) is 2.83. The maximum Gasteiger partial charge on any atom is 0.124 e. The first kappa shape index (κ1) is 24.5. The van der Waals surface area contributed by atoms with Crippen molar-refractivity contribution in [2.45, 2.75) is 25.2 Å². The van der Waals surface area contributed by atoms with Gasteiger partial charge in [0.15, 0.2) is 0 Å². The smallest absolute Gasteiger partial charge is 0.124 e. The summed E-state index contributed by atoms with van der Waals surface area (Å²) in [5, 5.41) is 42.8. The minimum absolute atomic E-state index is 0.0168. The van der Waals surface area contributed by atoms with Gasteiger partial charge in [0.25, 0.3) is 0 Å². The molecule has 2 atom stereocenters. The van der Waals surface area contributed by atoms with Gasteiger partial charge in [-0.2, -0.15) is 0 Å². The molecule has 0 heterocycles. The largest absolute Gasteiger partial charge is 0.508 e. The Labute approximate surface area is 193 Å². The number of hydrogen-bond acceptors (Lipinski definition) is 7. The molecule has 33 heavy (non-hydrogen) atoms. The Bertz CT molecular complexity index is 1010. The number of nitrogens with one attached hydrogen (secondary N) is 1. The lowest BCUT2D eigenvalue weighted by Crippen LogP contribution is -2.23. The van der Waals surface area contributed by atoms with E-state index in [1.165, 1.54) is 6.07 Å². The van der Waals surface area contributed by atoms with E-state index in [-0.39, 0.29) is 19.0 Å². The van der Waals surface area contributed by atoms with Crippen molar-refractivity contribution in [1.82, 2.24) is 5.32 Å². The number of para-hydroxylation sites is 1. The van der Waals surface area contributed by atoms with Crippen LogP contribution in [-0.4, -0.2) is 47.2 Å². The summed E-state index contributed by atoms with van der Waals surface area (Å²) in [6, 6.07) is 19.7. The molecule has 0 aliphatic heterocycles. The van der Waals surface area contributed by atoms with Crippen molar-refractivity contribution in [1.29, 1.82) is 0 Å². The summed E-state index contributed by atoms with van der Waals surface area (Å²) >= 11 is 0. The van der Waals surface area contributed by atoms with Crippen LogP contribution in [0.5, 0.6) is 17.2 Å². The molecule has 0 saturated heterocycles. The van der Waals surface area contributed by atoms with Crippen molar-refractivity contribution in [3.63, 3.8) is 0 Å². The van der Waals surface area contributed by atoms with Crippen LogP contribution in [0, 0.1) is 0 Å². The van der Waals surface area contributed by atoms with Gasteiger partial charge in [0.2, 0.25) is 0 Å². The number of phenols is 1. The second-order valence-corrected chi connectivity index (χ2v) is 7.73. The molecule has 0 spiro atoms. The topological polar surface area (TPSA) is 111 Å². The molecule has 0 radical (unpaired) electrons. The Hall–Kier alpha value is -3.10. The van der Waals surface area contributed by atoms with E-state index in [4.69, 9.17) is 9.47 Å². The van der Waals surface area contributed by atoms with E-state index in [1.807, 2.05) is 42.5 Å². The molecule has 0 aliphatic rings. The van der Waals surface area contributed by atoms with Gasteiger partial charge >= 0.3 is 0 Å². The first-order chi connectivity index (χ1) is 16.0. The van der Waals surface area contributed by atoms with Crippen LogP contribution in [0.1, 0.15) is 34.5 Å². The SMILES string of the molecule is COc1ccccc1C(O)COc1ccc(CCNCC(O)c2ccc(O)c(CO)c2)cc1. The van der Waals surface area contributed by atoms with E-state index in [0.29, 0.717) is 41.3 Å². The Morgan fingerprint density at radius 1 is 0.939 bits per heavy atom. The lowest BCUT2D eigenvalue weighted by Gasteiger charge is -2.16. The van der Waals surface area contributed by atoms with Crippen LogP contribution in [0.2, 0.25) is 0 Å². The van der Waals surface area contributed by atoms with E-state index in [1.54, 1.807) is 25.3 Å². The van der Waals surface area contributed by atoms with Gasteiger partial charge in [-0.05, 0) is 54.4 Å². The van der Waals surface area contributed by atoms with Crippen molar-refractivity contribution < 1.29 is 29.9 Å². The number of rotatable bonds is 12. The summed E-state index contributed by atoms with van der Waals surface area (Å²) < 4.78 is 11.0. The lowest BCUT2D eigenvalue weighted by molar-refractivity contribution is 0.105. The second kappa shape index (κ2) is 12.2. The first-order valence-electron chi connectivity index (χ1n) is 10.9. The molecule has 0 bridgehead atoms. The highest BCUT2D eigenvalue weighted by molar-refractivity contribution is 5.37.